The molecule has 1 aromatic heterocycles. The van der Waals surface area contributed by atoms with Crippen molar-refractivity contribution in [2.75, 3.05) is 13.2 Å². The Bertz CT molecular complexity index is 743. The van der Waals surface area contributed by atoms with E-state index >= 15 is 0 Å². The van der Waals surface area contributed by atoms with Gasteiger partial charge >= 0.3 is 0 Å². The van der Waals surface area contributed by atoms with Gasteiger partial charge in [-0.05, 0) is 12.1 Å². The molecule has 4 rings (SSSR count). The topological polar surface area (TPSA) is 76.8 Å². The Morgan fingerprint density at radius 2 is 2.13 bits per heavy atom. The summed E-state index contributed by atoms with van der Waals surface area (Å²) in [5, 5.41) is 13.3. The number of carbonyl (C=O) groups is 1. The molecule has 23 heavy (non-hydrogen) atoms. The molecule has 7 heteroatoms. The molecule has 0 fully saturated rings. The Labute approximate surface area is 133 Å². The third-order valence-corrected chi connectivity index (χ3v) is 4.14. The van der Waals surface area contributed by atoms with Gasteiger partial charge in [0.15, 0.2) is 11.5 Å². The lowest BCUT2D eigenvalue weighted by Gasteiger charge is -2.28. The maximum absolute atomic E-state index is 12.7. The van der Waals surface area contributed by atoms with E-state index in [9.17, 15) is 4.79 Å². The molecule has 3 heterocycles. The van der Waals surface area contributed by atoms with Gasteiger partial charge in [0.2, 0.25) is 6.10 Å². The number of fused-ring (bicyclic) bond motifs is 2. The van der Waals surface area contributed by atoms with Crippen LogP contribution in [0.15, 0.2) is 30.5 Å². The smallest absolute Gasteiger partial charge is 0.267 e. The molecular formula is C16H17N3O4. The van der Waals surface area contributed by atoms with E-state index in [0.29, 0.717) is 31.1 Å². The van der Waals surface area contributed by atoms with Crippen LogP contribution in [0.4, 0.5) is 0 Å². The van der Waals surface area contributed by atoms with Crippen LogP contribution in [0.1, 0.15) is 11.3 Å². The molecule has 2 aliphatic heterocycles. The largest absolute Gasteiger partial charge is 0.485 e. The van der Waals surface area contributed by atoms with Gasteiger partial charge in [0, 0.05) is 12.1 Å². The third kappa shape index (κ3) is 2.43. The highest BCUT2D eigenvalue weighted by Gasteiger charge is 2.35. The minimum absolute atomic E-state index is 0.0262. The summed E-state index contributed by atoms with van der Waals surface area (Å²) in [5.41, 5.74) is 1.99. The average molecular weight is 315 g/mol. The number of amides is 1. The molecule has 120 valence electrons. The van der Waals surface area contributed by atoms with E-state index in [1.54, 1.807) is 21.8 Å². The first-order chi connectivity index (χ1) is 11.3. The van der Waals surface area contributed by atoms with Crippen molar-refractivity contribution in [3.8, 4) is 11.5 Å². The summed E-state index contributed by atoms with van der Waals surface area (Å²) in [6.45, 7) is 1.68. The SMILES string of the molecule is O=C([C@H]1COc2ccccc2O1)N1Cc2cnn(CCO)c2C1. The first-order valence-corrected chi connectivity index (χ1v) is 7.58. The van der Waals surface area contributed by atoms with Crippen LogP contribution in [0.2, 0.25) is 0 Å². The van der Waals surface area contributed by atoms with Crippen molar-refractivity contribution in [3.63, 3.8) is 0 Å². The van der Waals surface area contributed by atoms with E-state index < -0.39 is 6.10 Å². The van der Waals surface area contributed by atoms with Gasteiger partial charge in [0.1, 0.15) is 6.61 Å². The van der Waals surface area contributed by atoms with Crippen LogP contribution >= 0.6 is 0 Å². The van der Waals surface area contributed by atoms with Gasteiger partial charge in [0.25, 0.3) is 5.91 Å². The maximum atomic E-state index is 12.7. The van der Waals surface area contributed by atoms with Gasteiger partial charge < -0.3 is 19.5 Å². The summed E-state index contributed by atoms with van der Waals surface area (Å²) in [5.74, 6) is 1.17. The van der Waals surface area contributed by atoms with Crippen LogP contribution in [0, 0.1) is 0 Å². The van der Waals surface area contributed by atoms with Crippen LogP contribution < -0.4 is 9.47 Å². The molecule has 0 bridgehead atoms. The second-order valence-electron chi connectivity index (χ2n) is 5.62. The van der Waals surface area contributed by atoms with Crippen LogP contribution in [-0.2, 0) is 24.4 Å². The summed E-state index contributed by atoms with van der Waals surface area (Å²) in [4.78, 5) is 14.4. The van der Waals surface area contributed by atoms with Gasteiger partial charge in [0.05, 0.1) is 31.6 Å². The number of ether oxygens (including phenoxy) is 2. The minimum atomic E-state index is -0.631. The predicted molar refractivity (Wildman–Crippen MR) is 79.9 cm³/mol. The normalized spacial score (nSPS) is 18.8. The molecule has 0 unspecified atom stereocenters. The highest BCUT2D eigenvalue weighted by Crippen LogP contribution is 2.32. The zero-order valence-electron chi connectivity index (χ0n) is 12.5. The van der Waals surface area contributed by atoms with Crippen molar-refractivity contribution in [1.82, 2.24) is 14.7 Å². The summed E-state index contributed by atoms with van der Waals surface area (Å²) in [7, 11) is 0. The molecule has 1 atom stereocenters. The minimum Gasteiger partial charge on any atom is -0.485 e. The number of aliphatic hydroxyl groups is 1. The number of rotatable bonds is 3. The van der Waals surface area contributed by atoms with E-state index in [4.69, 9.17) is 14.6 Å². The molecule has 0 aliphatic carbocycles. The van der Waals surface area contributed by atoms with Crippen molar-refractivity contribution in [1.29, 1.82) is 0 Å². The molecule has 1 aromatic carbocycles. The molecule has 1 N–H and O–H groups in total. The molecule has 2 aromatic rings. The van der Waals surface area contributed by atoms with Crippen molar-refractivity contribution in [3.05, 3.63) is 41.7 Å². The zero-order chi connectivity index (χ0) is 15.8. The van der Waals surface area contributed by atoms with Crippen LogP contribution in [0.5, 0.6) is 11.5 Å². The molecule has 0 spiro atoms. The van der Waals surface area contributed by atoms with Crippen molar-refractivity contribution in [2.24, 2.45) is 0 Å². The molecule has 0 saturated carbocycles. The Hall–Kier alpha value is -2.54. The second kappa shape index (κ2) is 5.58. The number of aromatic nitrogens is 2. The highest BCUT2D eigenvalue weighted by atomic mass is 16.6. The van der Waals surface area contributed by atoms with Crippen LogP contribution in [0.25, 0.3) is 0 Å². The van der Waals surface area contributed by atoms with Gasteiger partial charge in [-0.3, -0.25) is 9.48 Å². The molecule has 2 aliphatic rings. The van der Waals surface area contributed by atoms with Gasteiger partial charge in [-0.15, -0.1) is 0 Å². The van der Waals surface area contributed by atoms with E-state index in [1.165, 1.54) is 0 Å². The Morgan fingerprint density at radius 3 is 2.96 bits per heavy atom. The number of aliphatic hydroxyl groups excluding tert-OH is 1. The van der Waals surface area contributed by atoms with Crippen LogP contribution in [0.3, 0.4) is 0 Å². The Morgan fingerprint density at radius 1 is 1.30 bits per heavy atom. The molecule has 0 saturated heterocycles. The highest BCUT2D eigenvalue weighted by molar-refractivity contribution is 5.82. The van der Waals surface area contributed by atoms with E-state index in [-0.39, 0.29) is 19.1 Å². The number of nitrogens with zero attached hydrogens (tertiary/aromatic N) is 3. The number of carbonyl (C=O) groups excluding carboxylic acids is 1. The lowest BCUT2D eigenvalue weighted by Crippen LogP contribution is -2.44. The fourth-order valence-electron chi connectivity index (χ4n) is 3.00. The summed E-state index contributed by atoms with van der Waals surface area (Å²) >= 11 is 0. The third-order valence-electron chi connectivity index (χ3n) is 4.14. The zero-order valence-corrected chi connectivity index (χ0v) is 12.5. The molecule has 7 nitrogen and oxygen atoms in total. The first-order valence-electron chi connectivity index (χ1n) is 7.58. The summed E-state index contributed by atoms with van der Waals surface area (Å²) < 4.78 is 13.1. The number of benzene rings is 1. The lowest BCUT2D eigenvalue weighted by atomic mass is 10.2. The molecule has 0 radical (unpaired) electrons. The summed E-state index contributed by atoms with van der Waals surface area (Å²) in [6, 6.07) is 7.34. The van der Waals surface area contributed by atoms with Crippen molar-refractivity contribution < 1.29 is 19.4 Å². The van der Waals surface area contributed by atoms with E-state index in [0.717, 1.165) is 11.3 Å². The van der Waals surface area contributed by atoms with Crippen molar-refractivity contribution in [2.45, 2.75) is 25.7 Å². The molecular weight excluding hydrogens is 298 g/mol. The quantitative estimate of drug-likeness (QED) is 0.895. The Kier molecular flexibility index (Phi) is 3.42. The average Bonchev–Trinajstić information content (AvgIpc) is 3.16. The number of hydrogen-bond acceptors (Lipinski definition) is 5. The van der Waals surface area contributed by atoms with Gasteiger partial charge in [-0.2, -0.15) is 5.10 Å². The Balaban J connectivity index is 1.47. The fraction of sp³-hybridized carbons (Fsp3) is 0.375. The first kappa shape index (κ1) is 14.1. The van der Waals surface area contributed by atoms with Gasteiger partial charge in [-0.1, -0.05) is 12.1 Å². The number of para-hydroxylation sites is 2. The predicted octanol–water partition coefficient (Wildman–Crippen LogP) is 0.558. The maximum Gasteiger partial charge on any atom is 0.267 e. The van der Waals surface area contributed by atoms with Crippen LogP contribution in [-0.4, -0.2) is 45.0 Å². The van der Waals surface area contributed by atoms with Crippen molar-refractivity contribution >= 4 is 5.91 Å². The van der Waals surface area contributed by atoms with E-state index in [1.807, 2.05) is 18.2 Å². The monoisotopic (exact) mass is 315 g/mol. The van der Waals surface area contributed by atoms with E-state index in [2.05, 4.69) is 5.10 Å². The fourth-order valence-corrected chi connectivity index (χ4v) is 3.00. The standard InChI is InChI=1S/C16H17N3O4/c20-6-5-19-12-9-18(8-11(12)7-17-19)16(21)15-10-22-13-3-1-2-4-14(13)23-15/h1-4,7,15,20H,5-6,8-10H2/t15-/m1/s1. The lowest BCUT2D eigenvalue weighted by molar-refractivity contribution is -0.141. The second-order valence-corrected chi connectivity index (χ2v) is 5.62. The van der Waals surface area contributed by atoms with Gasteiger partial charge in [-0.25, -0.2) is 0 Å². The molecule has 1 amide bonds. The number of hydrogen-bond donors (Lipinski definition) is 1. The summed E-state index contributed by atoms with van der Waals surface area (Å²) in [6.07, 6.45) is 1.12.